The number of rotatable bonds is 9. The van der Waals surface area contributed by atoms with Crippen LogP contribution in [0.2, 0.25) is 0 Å². The smallest absolute Gasteiger partial charge is 0.303 e. The molecule has 6 heteroatoms. The van der Waals surface area contributed by atoms with Crippen LogP contribution in [0.25, 0.3) is 0 Å². The van der Waals surface area contributed by atoms with Gasteiger partial charge in [-0.05, 0) is 55.1 Å². The summed E-state index contributed by atoms with van der Waals surface area (Å²) < 4.78 is 3.08. The summed E-state index contributed by atoms with van der Waals surface area (Å²) in [4.78, 5) is 10.5. The van der Waals surface area contributed by atoms with E-state index in [0.29, 0.717) is 5.92 Å². The number of carboxylic acid groups (broad SMARTS) is 1. The first kappa shape index (κ1) is 17.2. The first-order valence-electron chi connectivity index (χ1n) is 7.10. The molecule has 1 aromatic heterocycles. The molecule has 0 aliphatic carbocycles. The summed E-state index contributed by atoms with van der Waals surface area (Å²) in [5, 5.41) is 16.5. The number of halogens is 1. The van der Waals surface area contributed by atoms with E-state index in [-0.39, 0.29) is 6.42 Å². The lowest BCUT2D eigenvalue weighted by Gasteiger charge is -2.11. The van der Waals surface area contributed by atoms with Crippen molar-refractivity contribution in [2.75, 3.05) is 6.54 Å². The lowest BCUT2D eigenvalue weighted by atomic mass is 10.0. The highest BCUT2D eigenvalue weighted by Gasteiger charge is 2.11. The molecule has 0 aliphatic rings. The van der Waals surface area contributed by atoms with Crippen molar-refractivity contribution in [3.05, 3.63) is 15.9 Å². The van der Waals surface area contributed by atoms with Gasteiger partial charge in [0.1, 0.15) is 0 Å². The van der Waals surface area contributed by atoms with Crippen molar-refractivity contribution >= 4 is 21.9 Å². The van der Waals surface area contributed by atoms with Crippen LogP contribution >= 0.6 is 15.9 Å². The largest absolute Gasteiger partial charge is 0.481 e. The first-order valence-corrected chi connectivity index (χ1v) is 7.89. The molecule has 1 rings (SSSR count). The van der Waals surface area contributed by atoms with Crippen LogP contribution in [0.4, 0.5) is 0 Å². The van der Waals surface area contributed by atoms with E-state index in [0.717, 1.165) is 42.6 Å². The summed E-state index contributed by atoms with van der Waals surface area (Å²) in [6.45, 7) is 8.70. The predicted molar refractivity (Wildman–Crippen MR) is 82.7 cm³/mol. The molecule has 1 atom stereocenters. The van der Waals surface area contributed by atoms with Crippen LogP contribution in [-0.2, 0) is 17.9 Å². The van der Waals surface area contributed by atoms with Gasteiger partial charge in [0.05, 0.1) is 15.9 Å². The predicted octanol–water partition coefficient (Wildman–Crippen LogP) is 2.95. The van der Waals surface area contributed by atoms with E-state index in [1.54, 1.807) is 0 Å². The van der Waals surface area contributed by atoms with E-state index in [1.165, 1.54) is 5.69 Å². The maximum atomic E-state index is 10.5. The number of aliphatic carboxylic acids is 1. The van der Waals surface area contributed by atoms with Gasteiger partial charge in [-0.2, -0.15) is 5.10 Å². The van der Waals surface area contributed by atoms with Gasteiger partial charge in [-0.1, -0.05) is 6.92 Å². The zero-order chi connectivity index (χ0) is 15.1. The average Bonchev–Trinajstić information content (AvgIpc) is 2.68. The highest BCUT2D eigenvalue weighted by atomic mass is 79.9. The number of nitrogens with zero attached hydrogens (tertiary/aromatic N) is 2. The number of aromatic nitrogens is 2. The van der Waals surface area contributed by atoms with Crippen molar-refractivity contribution in [2.24, 2.45) is 5.92 Å². The second-order valence-electron chi connectivity index (χ2n) is 5.16. The molecule has 0 bridgehead atoms. The van der Waals surface area contributed by atoms with Crippen molar-refractivity contribution in [3.8, 4) is 0 Å². The zero-order valence-corrected chi connectivity index (χ0v) is 14.0. The van der Waals surface area contributed by atoms with Crippen molar-refractivity contribution < 1.29 is 9.90 Å². The molecule has 1 aromatic rings. The van der Waals surface area contributed by atoms with Crippen molar-refractivity contribution in [3.63, 3.8) is 0 Å². The molecular weight excluding hydrogens is 322 g/mol. The summed E-state index contributed by atoms with van der Waals surface area (Å²) in [6.07, 6.45) is 1.99. The van der Waals surface area contributed by atoms with Crippen molar-refractivity contribution in [1.82, 2.24) is 15.1 Å². The van der Waals surface area contributed by atoms with E-state index in [1.807, 2.05) is 11.6 Å². The lowest BCUT2D eigenvalue weighted by molar-refractivity contribution is -0.137. The molecule has 5 nitrogen and oxygen atoms in total. The Morgan fingerprint density at radius 3 is 2.80 bits per heavy atom. The molecule has 2 N–H and O–H groups in total. The van der Waals surface area contributed by atoms with Crippen LogP contribution in [0, 0.1) is 12.8 Å². The van der Waals surface area contributed by atoms with Gasteiger partial charge in [-0.15, -0.1) is 0 Å². The minimum absolute atomic E-state index is 0.258. The van der Waals surface area contributed by atoms with E-state index < -0.39 is 5.97 Å². The van der Waals surface area contributed by atoms with Crippen LogP contribution < -0.4 is 5.32 Å². The van der Waals surface area contributed by atoms with Crippen LogP contribution in [-0.4, -0.2) is 27.4 Å². The number of hydrogen-bond acceptors (Lipinski definition) is 3. The molecular formula is C14H24BrN3O2. The van der Waals surface area contributed by atoms with Gasteiger partial charge in [-0.25, -0.2) is 0 Å². The quantitative estimate of drug-likeness (QED) is 0.675. The van der Waals surface area contributed by atoms with Gasteiger partial charge in [0, 0.05) is 19.5 Å². The van der Waals surface area contributed by atoms with Crippen LogP contribution in [0.5, 0.6) is 0 Å². The molecule has 0 amide bonds. The molecule has 0 aromatic carbocycles. The molecule has 0 saturated carbocycles. The Balaban J connectivity index is 2.32. The van der Waals surface area contributed by atoms with Gasteiger partial charge in [0.25, 0.3) is 0 Å². The minimum atomic E-state index is -0.712. The number of nitrogens with one attached hydrogen (secondary N) is 1. The molecule has 0 fully saturated rings. The summed E-state index contributed by atoms with van der Waals surface area (Å²) in [7, 11) is 0. The standard InChI is InChI=1S/C14H24BrN3O2/c1-4-18-12(14(15)11(3)17-18)9-16-8-7-10(2)5-6-13(19)20/h10,16H,4-9H2,1-3H3,(H,19,20). The Bertz CT molecular complexity index is 446. The van der Waals surface area contributed by atoms with Gasteiger partial charge >= 0.3 is 5.97 Å². The van der Waals surface area contributed by atoms with Crippen molar-refractivity contribution in [2.45, 2.75) is 53.1 Å². The highest BCUT2D eigenvalue weighted by Crippen LogP contribution is 2.20. The van der Waals surface area contributed by atoms with E-state index in [4.69, 9.17) is 5.11 Å². The number of hydrogen-bond donors (Lipinski definition) is 2. The fraction of sp³-hybridized carbons (Fsp3) is 0.714. The first-order chi connectivity index (χ1) is 9.45. The topological polar surface area (TPSA) is 67.2 Å². The molecule has 0 saturated heterocycles. The van der Waals surface area contributed by atoms with Crippen LogP contribution in [0.3, 0.4) is 0 Å². The maximum absolute atomic E-state index is 10.5. The Kier molecular flexibility index (Phi) is 7.23. The lowest BCUT2D eigenvalue weighted by Crippen LogP contribution is -2.20. The van der Waals surface area contributed by atoms with E-state index >= 15 is 0 Å². The van der Waals surface area contributed by atoms with Crippen LogP contribution in [0.15, 0.2) is 4.47 Å². The summed E-state index contributed by atoms with van der Waals surface area (Å²) in [5.74, 6) is -0.282. The maximum Gasteiger partial charge on any atom is 0.303 e. The second-order valence-corrected chi connectivity index (χ2v) is 5.96. The molecule has 0 spiro atoms. The summed E-state index contributed by atoms with van der Waals surface area (Å²) >= 11 is 3.58. The molecule has 1 unspecified atom stereocenters. The monoisotopic (exact) mass is 345 g/mol. The zero-order valence-electron chi connectivity index (χ0n) is 12.4. The van der Waals surface area contributed by atoms with E-state index in [2.05, 4.69) is 40.2 Å². The second kappa shape index (κ2) is 8.42. The third-order valence-corrected chi connectivity index (χ3v) is 4.44. The molecule has 20 heavy (non-hydrogen) atoms. The summed E-state index contributed by atoms with van der Waals surface area (Å²) in [6, 6.07) is 0. The number of aryl methyl sites for hydroxylation is 2. The van der Waals surface area contributed by atoms with Gasteiger partial charge in [0.15, 0.2) is 0 Å². The molecule has 1 heterocycles. The van der Waals surface area contributed by atoms with Crippen molar-refractivity contribution in [1.29, 1.82) is 0 Å². The Morgan fingerprint density at radius 2 is 2.20 bits per heavy atom. The third kappa shape index (κ3) is 5.25. The molecule has 0 aliphatic heterocycles. The highest BCUT2D eigenvalue weighted by molar-refractivity contribution is 9.10. The number of carboxylic acids is 1. The normalized spacial score (nSPS) is 12.6. The average molecular weight is 346 g/mol. The summed E-state index contributed by atoms with van der Waals surface area (Å²) in [5.41, 5.74) is 2.18. The van der Waals surface area contributed by atoms with Gasteiger partial charge in [-0.3, -0.25) is 9.48 Å². The Hall–Kier alpha value is -0.880. The third-order valence-electron chi connectivity index (χ3n) is 3.41. The van der Waals surface area contributed by atoms with Crippen LogP contribution in [0.1, 0.15) is 44.5 Å². The Morgan fingerprint density at radius 1 is 1.50 bits per heavy atom. The minimum Gasteiger partial charge on any atom is -0.481 e. The fourth-order valence-corrected chi connectivity index (χ4v) is 2.53. The SMILES string of the molecule is CCn1nc(C)c(Br)c1CNCCC(C)CCC(=O)O. The van der Waals surface area contributed by atoms with E-state index in [9.17, 15) is 4.79 Å². The molecule has 114 valence electrons. The Labute approximate surface area is 128 Å². The fourth-order valence-electron chi connectivity index (χ4n) is 2.11. The van der Waals surface area contributed by atoms with Gasteiger partial charge < -0.3 is 10.4 Å². The van der Waals surface area contributed by atoms with Gasteiger partial charge in [0.2, 0.25) is 0 Å². The number of carbonyl (C=O) groups is 1. The molecule has 0 radical (unpaired) electrons.